The Kier molecular flexibility index (Phi) is 4.08. The fraction of sp³-hybridized carbons (Fsp3) is 0.364. The summed E-state index contributed by atoms with van der Waals surface area (Å²) in [5, 5.41) is 19.1. The fourth-order valence-corrected chi connectivity index (χ4v) is 1.58. The Bertz CT molecular complexity index is 662. The van der Waals surface area contributed by atoms with E-state index in [1.54, 1.807) is 0 Å². The molecule has 0 amide bonds. The number of carboxylic acids is 1. The third kappa shape index (κ3) is 3.64. The number of aliphatic carboxylic acids is 1. The van der Waals surface area contributed by atoms with Crippen molar-refractivity contribution in [3.8, 4) is 0 Å². The SMILES string of the molecule is CCc1nc(NCc2cn(CC(=O)O)nn2)cc(=O)[nH]1. The Morgan fingerprint density at radius 2 is 2.35 bits per heavy atom. The molecule has 0 spiro atoms. The minimum absolute atomic E-state index is 0.228. The Morgan fingerprint density at radius 1 is 1.55 bits per heavy atom. The molecular formula is C11H14N6O3. The van der Waals surface area contributed by atoms with Gasteiger partial charge in [0.2, 0.25) is 0 Å². The van der Waals surface area contributed by atoms with Crippen LogP contribution in [0.1, 0.15) is 18.4 Å². The maximum absolute atomic E-state index is 11.4. The minimum Gasteiger partial charge on any atom is -0.480 e. The molecule has 20 heavy (non-hydrogen) atoms. The molecular weight excluding hydrogens is 264 g/mol. The lowest BCUT2D eigenvalue weighted by molar-refractivity contribution is -0.137. The largest absolute Gasteiger partial charge is 0.480 e. The van der Waals surface area contributed by atoms with E-state index >= 15 is 0 Å². The van der Waals surface area contributed by atoms with Crippen LogP contribution in [0.5, 0.6) is 0 Å². The van der Waals surface area contributed by atoms with Gasteiger partial charge in [-0.2, -0.15) is 0 Å². The number of H-pyrrole nitrogens is 1. The van der Waals surface area contributed by atoms with E-state index in [-0.39, 0.29) is 12.1 Å². The molecule has 2 rings (SSSR count). The number of nitrogens with one attached hydrogen (secondary N) is 2. The molecule has 0 atom stereocenters. The first-order valence-corrected chi connectivity index (χ1v) is 6.01. The van der Waals surface area contributed by atoms with Crippen molar-refractivity contribution in [3.63, 3.8) is 0 Å². The zero-order valence-electron chi connectivity index (χ0n) is 10.8. The maximum Gasteiger partial charge on any atom is 0.325 e. The molecule has 0 radical (unpaired) electrons. The summed E-state index contributed by atoms with van der Waals surface area (Å²) >= 11 is 0. The van der Waals surface area contributed by atoms with Gasteiger partial charge in [-0.3, -0.25) is 9.59 Å². The van der Waals surface area contributed by atoms with Crippen molar-refractivity contribution in [2.75, 3.05) is 5.32 Å². The smallest absolute Gasteiger partial charge is 0.325 e. The second kappa shape index (κ2) is 5.95. The summed E-state index contributed by atoms with van der Waals surface area (Å²) in [5.74, 6) is 0.0474. The highest BCUT2D eigenvalue weighted by Crippen LogP contribution is 2.02. The Balaban J connectivity index is 2.01. The molecule has 0 unspecified atom stereocenters. The lowest BCUT2D eigenvalue weighted by atomic mass is 10.4. The van der Waals surface area contributed by atoms with E-state index in [0.29, 0.717) is 30.3 Å². The van der Waals surface area contributed by atoms with Crippen molar-refractivity contribution in [1.82, 2.24) is 25.0 Å². The van der Waals surface area contributed by atoms with Crippen LogP contribution in [0.3, 0.4) is 0 Å². The third-order valence-corrected chi connectivity index (χ3v) is 2.46. The standard InChI is InChI=1S/C11H14N6O3/c1-2-8-13-9(3-10(18)14-8)12-4-7-5-17(16-15-7)6-11(19)20/h3,5H,2,4,6H2,1H3,(H,19,20)(H2,12,13,14,18). The number of carbonyl (C=O) groups is 1. The van der Waals surface area contributed by atoms with Gasteiger partial charge in [-0.1, -0.05) is 12.1 Å². The lowest BCUT2D eigenvalue weighted by Crippen LogP contribution is -2.13. The average molecular weight is 278 g/mol. The average Bonchev–Trinajstić information content (AvgIpc) is 2.82. The van der Waals surface area contributed by atoms with Crippen molar-refractivity contribution in [1.29, 1.82) is 0 Å². The predicted molar refractivity (Wildman–Crippen MR) is 69.2 cm³/mol. The molecule has 0 bridgehead atoms. The van der Waals surface area contributed by atoms with Crippen LogP contribution in [-0.2, 0) is 24.3 Å². The molecule has 0 aliphatic heterocycles. The molecule has 9 heteroatoms. The molecule has 3 N–H and O–H groups in total. The van der Waals surface area contributed by atoms with Crippen LogP contribution in [0, 0.1) is 0 Å². The Morgan fingerprint density at radius 3 is 3.05 bits per heavy atom. The first-order chi connectivity index (χ1) is 9.56. The van der Waals surface area contributed by atoms with Crippen LogP contribution >= 0.6 is 0 Å². The van der Waals surface area contributed by atoms with Gasteiger partial charge in [-0.15, -0.1) is 5.10 Å². The first-order valence-electron chi connectivity index (χ1n) is 6.01. The zero-order valence-corrected chi connectivity index (χ0v) is 10.8. The lowest BCUT2D eigenvalue weighted by Gasteiger charge is -2.04. The fourth-order valence-electron chi connectivity index (χ4n) is 1.58. The highest BCUT2D eigenvalue weighted by Gasteiger charge is 2.05. The van der Waals surface area contributed by atoms with Gasteiger partial charge in [-0.05, 0) is 0 Å². The second-order valence-corrected chi connectivity index (χ2v) is 4.09. The van der Waals surface area contributed by atoms with E-state index in [4.69, 9.17) is 5.11 Å². The van der Waals surface area contributed by atoms with E-state index in [1.807, 2.05) is 6.92 Å². The predicted octanol–water partition coefficient (Wildman–Crippen LogP) is -0.380. The van der Waals surface area contributed by atoms with Crippen LogP contribution < -0.4 is 10.9 Å². The Labute approximate surface area is 113 Å². The highest BCUT2D eigenvalue weighted by atomic mass is 16.4. The number of nitrogens with zero attached hydrogens (tertiary/aromatic N) is 4. The number of hydrogen-bond acceptors (Lipinski definition) is 6. The first kappa shape index (κ1) is 13.7. The Hall–Kier alpha value is -2.71. The van der Waals surface area contributed by atoms with Crippen LogP contribution in [0.2, 0.25) is 0 Å². The van der Waals surface area contributed by atoms with Gasteiger partial charge in [0.1, 0.15) is 23.9 Å². The molecule has 2 aromatic rings. The van der Waals surface area contributed by atoms with Gasteiger partial charge in [-0.25, -0.2) is 9.67 Å². The number of aromatic nitrogens is 5. The van der Waals surface area contributed by atoms with Gasteiger partial charge >= 0.3 is 5.97 Å². The molecule has 2 aromatic heterocycles. The summed E-state index contributed by atoms with van der Waals surface area (Å²) in [6.07, 6.45) is 2.15. The maximum atomic E-state index is 11.4. The van der Waals surface area contributed by atoms with Crippen LogP contribution in [0.4, 0.5) is 5.82 Å². The summed E-state index contributed by atoms with van der Waals surface area (Å²) in [7, 11) is 0. The number of aromatic amines is 1. The van der Waals surface area contributed by atoms with Gasteiger partial charge in [0.25, 0.3) is 5.56 Å². The zero-order chi connectivity index (χ0) is 14.5. The van der Waals surface area contributed by atoms with Crippen molar-refractivity contribution in [2.24, 2.45) is 0 Å². The normalized spacial score (nSPS) is 10.4. The molecule has 9 nitrogen and oxygen atoms in total. The summed E-state index contributed by atoms with van der Waals surface area (Å²) in [5.41, 5.74) is 0.334. The second-order valence-electron chi connectivity index (χ2n) is 4.09. The van der Waals surface area contributed by atoms with Crippen molar-refractivity contribution in [3.05, 3.63) is 34.1 Å². The van der Waals surface area contributed by atoms with E-state index in [0.717, 1.165) is 0 Å². The highest BCUT2D eigenvalue weighted by molar-refractivity contribution is 5.66. The van der Waals surface area contributed by atoms with Crippen molar-refractivity contribution >= 4 is 11.8 Å². The molecule has 0 aliphatic carbocycles. The number of aryl methyl sites for hydroxylation is 1. The van der Waals surface area contributed by atoms with E-state index in [1.165, 1.54) is 16.9 Å². The summed E-state index contributed by atoms with van der Waals surface area (Å²) in [6.45, 7) is 1.95. The van der Waals surface area contributed by atoms with Crippen LogP contribution in [0.25, 0.3) is 0 Å². The number of rotatable bonds is 6. The molecule has 2 heterocycles. The number of carboxylic acid groups (broad SMARTS) is 1. The summed E-state index contributed by atoms with van der Waals surface area (Å²) in [4.78, 5) is 28.7. The molecule has 0 aliphatic rings. The van der Waals surface area contributed by atoms with Gasteiger partial charge in [0.05, 0.1) is 12.7 Å². The van der Waals surface area contributed by atoms with E-state index < -0.39 is 5.97 Å². The number of anilines is 1. The molecule has 106 valence electrons. The minimum atomic E-state index is -0.988. The topological polar surface area (TPSA) is 126 Å². The van der Waals surface area contributed by atoms with Crippen LogP contribution in [-0.4, -0.2) is 36.0 Å². The third-order valence-electron chi connectivity index (χ3n) is 2.46. The molecule has 0 saturated heterocycles. The monoisotopic (exact) mass is 278 g/mol. The van der Waals surface area contributed by atoms with Gasteiger partial charge in [0.15, 0.2) is 0 Å². The van der Waals surface area contributed by atoms with Crippen molar-refractivity contribution in [2.45, 2.75) is 26.4 Å². The quantitative estimate of drug-likeness (QED) is 0.657. The summed E-state index contributed by atoms with van der Waals surface area (Å²) < 4.78 is 1.22. The van der Waals surface area contributed by atoms with E-state index in [2.05, 4.69) is 25.6 Å². The molecule has 0 fully saturated rings. The van der Waals surface area contributed by atoms with Crippen LogP contribution in [0.15, 0.2) is 17.1 Å². The molecule has 0 aromatic carbocycles. The summed E-state index contributed by atoms with van der Waals surface area (Å²) in [6, 6.07) is 1.35. The molecule has 0 saturated carbocycles. The van der Waals surface area contributed by atoms with E-state index in [9.17, 15) is 9.59 Å². The van der Waals surface area contributed by atoms with Crippen molar-refractivity contribution < 1.29 is 9.90 Å². The van der Waals surface area contributed by atoms with Gasteiger partial charge in [0, 0.05) is 12.5 Å². The number of hydrogen-bond donors (Lipinski definition) is 3. The van der Waals surface area contributed by atoms with Gasteiger partial charge < -0.3 is 15.4 Å².